The number of rotatable bonds is 9. The van der Waals surface area contributed by atoms with Crippen LogP contribution in [-0.4, -0.2) is 25.6 Å². The van der Waals surface area contributed by atoms with Crippen LogP contribution in [0.1, 0.15) is 45.2 Å². The maximum absolute atomic E-state index is 11.3. The SMILES string of the molecule is CCCOc1ccc(C(C)NCCC(=O)NCC)cc1. The smallest absolute Gasteiger partial charge is 0.221 e. The molecule has 0 saturated heterocycles. The van der Waals surface area contributed by atoms with E-state index in [4.69, 9.17) is 4.74 Å². The number of nitrogens with one attached hydrogen (secondary N) is 2. The molecule has 0 fully saturated rings. The van der Waals surface area contributed by atoms with E-state index in [1.807, 2.05) is 19.1 Å². The highest BCUT2D eigenvalue weighted by molar-refractivity contribution is 5.75. The second kappa shape index (κ2) is 9.37. The van der Waals surface area contributed by atoms with E-state index in [1.54, 1.807) is 0 Å². The number of hydrogen-bond acceptors (Lipinski definition) is 3. The van der Waals surface area contributed by atoms with Gasteiger partial charge in [0.05, 0.1) is 6.61 Å². The van der Waals surface area contributed by atoms with Crippen LogP contribution in [0.25, 0.3) is 0 Å². The summed E-state index contributed by atoms with van der Waals surface area (Å²) in [6, 6.07) is 8.34. The lowest BCUT2D eigenvalue weighted by atomic mass is 10.1. The van der Waals surface area contributed by atoms with E-state index >= 15 is 0 Å². The van der Waals surface area contributed by atoms with Crippen molar-refractivity contribution in [1.82, 2.24) is 10.6 Å². The Balaban J connectivity index is 2.35. The number of carbonyl (C=O) groups is 1. The number of benzene rings is 1. The van der Waals surface area contributed by atoms with Crippen LogP contribution in [0.4, 0.5) is 0 Å². The predicted molar refractivity (Wildman–Crippen MR) is 81.9 cm³/mol. The standard InChI is InChI=1S/C16H26N2O2/c1-4-12-20-15-8-6-14(7-9-15)13(3)18-11-10-16(19)17-5-2/h6-9,13,18H,4-5,10-12H2,1-3H3,(H,17,19). The summed E-state index contributed by atoms with van der Waals surface area (Å²) in [4.78, 5) is 11.3. The van der Waals surface area contributed by atoms with Crippen LogP contribution in [-0.2, 0) is 4.79 Å². The van der Waals surface area contributed by atoms with E-state index in [9.17, 15) is 4.79 Å². The van der Waals surface area contributed by atoms with Gasteiger partial charge in [0, 0.05) is 25.6 Å². The molecular formula is C16H26N2O2. The van der Waals surface area contributed by atoms with Crippen LogP contribution in [0.2, 0.25) is 0 Å². The second-order valence-corrected chi connectivity index (χ2v) is 4.80. The first-order valence-electron chi connectivity index (χ1n) is 7.40. The Labute approximate surface area is 121 Å². The van der Waals surface area contributed by atoms with Crippen molar-refractivity contribution in [3.63, 3.8) is 0 Å². The normalized spacial score (nSPS) is 11.9. The van der Waals surface area contributed by atoms with E-state index < -0.39 is 0 Å². The van der Waals surface area contributed by atoms with Crippen LogP contribution in [0.3, 0.4) is 0 Å². The molecule has 20 heavy (non-hydrogen) atoms. The first-order chi connectivity index (χ1) is 9.67. The van der Waals surface area contributed by atoms with Gasteiger partial charge in [-0.15, -0.1) is 0 Å². The van der Waals surface area contributed by atoms with Gasteiger partial charge in [0.25, 0.3) is 0 Å². The molecule has 4 nitrogen and oxygen atoms in total. The minimum Gasteiger partial charge on any atom is -0.494 e. The molecule has 0 bridgehead atoms. The summed E-state index contributed by atoms with van der Waals surface area (Å²) in [5, 5.41) is 6.14. The van der Waals surface area contributed by atoms with E-state index in [2.05, 4.69) is 36.6 Å². The lowest BCUT2D eigenvalue weighted by molar-refractivity contribution is -0.120. The summed E-state index contributed by atoms with van der Waals surface area (Å²) in [5.41, 5.74) is 1.20. The van der Waals surface area contributed by atoms with Gasteiger partial charge in [-0.1, -0.05) is 19.1 Å². The average Bonchev–Trinajstić information content (AvgIpc) is 2.46. The molecule has 112 valence electrons. The van der Waals surface area contributed by atoms with E-state index in [1.165, 1.54) is 5.56 Å². The van der Waals surface area contributed by atoms with Crippen molar-refractivity contribution in [2.45, 2.75) is 39.7 Å². The zero-order valence-electron chi connectivity index (χ0n) is 12.7. The largest absolute Gasteiger partial charge is 0.494 e. The first-order valence-corrected chi connectivity index (χ1v) is 7.40. The van der Waals surface area contributed by atoms with E-state index in [0.717, 1.165) is 18.8 Å². The lowest BCUT2D eigenvalue weighted by Gasteiger charge is -2.14. The molecule has 0 radical (unpaired) electrons. The van der Waals surface area contributed by atoms with Gasteiger partial charge in [0.1, 0.15) is 5.75 Å². The Morgan fingerprint density at radius 3 is 2.55 bits per heavy atom. The molecular weight excluding hydrogens is 252 g/mol. The van der Waals surface area contributed by atoms with Crippen LogP contribution >= 0.6 is 0 Å². The van der Waals surface area contributed by atoms with Crippen LogP contribution in [0, 0.1) is 0 Å². The highest BCUT2D eigenvalue weighted by Gasteiger charge is 2.06. The van der Waals surface area contributed by atoms with Crippen molar-refractivity contribution in [3.05, 3.63) is 29.8 Å². The summed E-state index contributed by atoms with van der Waals surface area (Å²) in [7, 11) is 0. The van der Waals surface area contributed by atoms with Crippen molar-refractivity contribution in [2.24, 2.45) is 0 Å². The molecule has 1 amide bonds. The Bertz CT molecular complexity index is 390. The van der Waals surface area contributed by atoms with Crippen molar-refractivity contribution < 1.29 is 9.53 Å². The summed E-state index contributed by atoms with van der Waals surface area (Å²) in [6.45, 7) is 8.24. The van der Waals surface area contributed by atoms with Crippen molar-refractivity contribution in [3.8, 4) is 5.75 Å². The highest BCUT2D eigenvalue weighted by Crippen LogP contribution is 2.17. The Hall–Kier alpha value is -1.55. The Morgan fingerprint density at radius 1 is 1.25 bits per heavy atom. The number of amides is 1. The molecule has 1 atom stereocenters. The molecule has 0 aromatic heterocycles. The van der Waals surface area contributed by atoms with Crippen molar-refractivity contribution in [1.29, 1.82) is 0 Å². The number of hydrogen-bond donors (Lipinski definition) is 2. The molecule has 1 unspecified atom stereocenters. The molecule has 1 aromatic carbocycles. The molecule has 0 aliphatic rings. The van der Waals surface area contributed by atoms with Crippen LogP contribution in [0.15, 0.2) is 24.3 Å². The van der Waals surface area contributed by atoms with E-state index in [-0.39, 0.29) is 11.9 Å². The molecule has 1 aromatic rings. The fourth-order valence-electron chi connectivity index (χ4n) is 1.88. The van der Waals surface area contributed by atoms with Gasteiger partial charge in [0.15, 0.2) is 0 Å². The fraction of sp³-hybridized carbons (Fsp3) is 0.562. The average molecular weight is 278 g/mol. The molecule has 2 N–H and O–H groups in total. The summed E-state index contributed by atoms with van der Waals surface area (Å²) < 4.78 is 5.56. The quantitative estimate of drug-likeness (QED) is 0.730. The van der Waals surface area contributed by atoms with Crippen LogP contribution in [0.5, 0.6) is 5.75 Å². The molecule has 1 rings (SSSR count). The van der Waals surface area contributed by atoms with Gasteiger partial charge in [-0.05, 0) is 38.0 Å². The molecule has 0 aliphatic heterocycles. The number of ether oxygens (including phenoxy) is 1. The molecule has 4 heteroatoms. The minimum absolute atomic E-state index is 0.0931. The predicted octanol–water partition coefficient (Wildman–Crippen LogP) is 2.65. The maximum Gasteiger partial charge on any atom is 0.221 e. The molecule has 0 spiro atoms. The van der Waals surface area contributed by atoms with Gasteiger partial charge in [0.2, 0.25) is 5.91 Å². The first kappa shape index (κ1) is 16.5. The number of carbonyl (C=O) groups excluding carboxylic acids is 1. The fourth-order valence-corrected chi connectivity index (χ4v) is 1.88. The van der Waals surface area contributed by atoms with Gasteiger partial charge in [-0.25, -0.2) is 0 Å². The third-order valence-corrected chi connectivity index (χ3v) is 3.03. The summed E-state index contributed by atoms with van der Waals surface area (Å²) in [6.07, 6.45) is 1.52. The van der Waals surface area contributed by atoms with Gasteiger partial charge in [-0.2, -0.15) is 0 Å². The summed E-state index contributed by atoms with van der Waals surface area (Å²) in [5.74, 6) is 1.00. The van der Waals surface area contributed by atoms with Crippen molar-refractivity contribution in [2.75, 3.05) is 19.7 Å². The zero-order valence-corrected chi connectivity index (χ0v) is 12.7. The maximum atomic E-state index is 11.3. The van der Waals surface area contributed by atoms with Gasteiger partial charge in [-0.3, -0.25) is 4.79 Å². The topological polar surface area (TPSA) is 50.4 Å². The Morgan fingerprint density at radius 2 is 1.95 bits per heavy atom. The lowest BCUT2D eigenvalue weighted by Crippen LogP contribution is -2.28. The second-order valence-electron chi connectivity index (χ2n) is 4.80. The molecule has 0 heterocycles. The molecule has 0 saturated carbocycles. The third kappa shape index (κ3) is 6.06. The monoisotopic (exact) mass is 278 g/mol. The zero-order chi connectivity index (χ0) is 14.8. The Kier molecular flexibility index (Phi) is 7.73. The molecule has 0 aliphatic carbocycles. The van der Waals surface area contributed by atoms with Gasteiger partial charge < -0.3 is 15.4 Å². The summed E-state index contributed by atoms with van der Waals surface area (Å²) >= 11 is 0. The third-order valence-electron chi connectivity index (χ3n) is 3.03. The van der Waals surface area contributed by atoms with E-state index in [0.29, 0.717) is 19.5 Å². The highest BCUT2D eigenvalue weighted by atomic mass is 16.5. The minimum atomic E-state index is 0.0931. The van der Waals surface area contributed by atoms with Gasteiger partial charge >= 0.3 is 0 Å². The van der Waals surface area contributed by atoms with Crippen molar-refractivity contribution >= 4 is 5.91 Å². The van der Waals surface area contributed by atoms with Crippen LogP contribution < -0.4 is 15.4 Å².